The molecule has 0 spiro atoms. The van der Waals surface area contributed by atoms with Gasteiger partial charge in [0.15, 0.2) is 0 Å². The molecule has 114 valence electrons. The lowest BCUT2D eigenvalue weighted by atomic mass is 9.79. The number of carbonyl (C=O) groups is 2. The molecule has 0 aliphatic heterocycles. The SMILES string of the molecule is CC1CCC(O)(CNC(=O)c2ccc(C(N)=O)cc2)CC1. The van der Waals surface area contributed by atoms with Crippen LogP contribution in [0.15, 0.2) is 24.3 Å². The Balaban J connectivity index is 1.91. The number of amides is 2. The first kappa shape index (κ1) is 15.5. The van der Waals surface area contributed by atoms with E-state index in [1.807, 2.05) is 0 Å². The van der Waals surface area contributed by atoms with Crippen LogP contribution in [-0.4, -0.2) is 29.1 Å². The van der Waals surface area contributed by atoms with E-state index in [1.165, 1.54) is 12.1 Å². The third-order valence-corrected chi connectivity index (χ3v) is 4.21. The Labute approximate surface area is 124 Å². The summed E-state index contributed by atoms with van der Waals surface area (Å²) in [5.41, 5.74) is 5.17. The van der Waals surface area contributed by atoms with Crippen molar-refractivity contribution in [3.05, 3.63) is 35.4 Å². The van der Waals surface area contributed by atoms with Crippen LogP contribution in [0.1, 0.15) is 53.3 Å². The molecule has 5 heteroatoms. The minimum absolute atomic E-state index is 0.252. The summed E-state index contributed by atoms with van der Waals surface area (Å²) in [6, 6.07) is 6.16. The number of rotatable bonds is 4. The van der Waals surface area contributed by atoms with Gasteiger partial charge in [-0.1, -0.05) is 6.92 Å². The summed E-state index contributed by atoms with van der Waals surface area (Å²) in [4.78, 5) is 23.0. The molecule has 21 heavy (non-hydrogen) atoms. The molecule has 5 nitrogen and oxygen atoms in total. The Morgan fingerprint density at radius 3 is 2.29 bits per heavy atom. The number of primary amides is 1. The number of hydrogen-bond acceptors (Lipinski definition) is 3. The fraction of sp³-hybridized carbons (Fsp3) is 0.500. The minimum atomic E-state index is -0.796. The summed E-state index contributed by atoms with van der Waals surface area (Å²) in [6.45, 7) is 2.44. The third-order valence-electron chi connectivity index (χ3n) is 4.21. The monoisotopic (exact) mass is 290 g/mol. The predicted octanol–water partition coefficient (Wildman–Crippen LogP) is 1.46. The second-order valence-corrected chi connectivity index (χ2v) is 6.03. The highest BCUT2D eigenvalue weighted by atomic mass is 16.3. The largest absolute Gasteiger partial charge is 0.388 e. The van der Waals surface area contributed by atoms with Crippen molar-refractivity contribution in [3.8, 4) is 0 Å². The molecule has 1 aliphatic rings. The van der Waals surface area contributed by atoms with Crippen LogP contribution in [0.2, 0.25) is 0 Å². The maximum atomic E-state index is 12.0. The minimum Gasteiger partial charge on any atom is -0.388 e. The molecule has 1 fully saturated rings. The molecule has 0 radical (unpaired) electrons. The van der Waals surface area contributed by atoms with Crippen molar-refractivity contribution in [2.24, 2.45) is 11.7 Å². The zero-order valence-corrected chi connectivity index (χ0v) is 12.3. The van der Waals surface area contributed by atoms with Gasteiger partial charge in [-0.25, -0.2) is 0 Å². The van der Waals surface area contributed by atoms with Gasteiger partial charge in [-0.2, -0.15) is 0 Å². The fourth-order valence-electron chi connectivity index (χ4n) is 2.61. The standard InChI is InChI=1S/C16H22N2O3/c1-11-6-8-16(21,9-7-11)10-18-15(20)13-4-2-12(3-5-13)14(17)19/h2-5,11,21H,6-10H2,1H3,(H2,17,19)(H,18,20). The molecule has 2 rings (SSSR count). The van der Waals surface area contributed by atoms with E-state index in [-0.39, 0.29) is 12.5 Å². The van der Waals surface area contributed by atoms with Crippen molar-refractivity contribution in [1.29, 1.82) is 0 Å². The molecule has 0 heterocycles. The van der Waals surface area contributed by atoms with E-state index in [1.54, 1.807) is 12.1 Å². The lowest BCUT2D eigenvalue weighted by Gasteiger charge is -2.34. The van der Waals surface area contributed by atoms with Crippen molar-refractivity contribution in [1.82, 2.24) is 5.32 Å². The van der Waals surface area contributed by atoms with Gasteiger partial charge in [0.25, 0.3) is 5.91 Å². The highest BCUT2D eigenvalue weighted by Gasteiger charge is 2.32. The van der Waals surface area contributed by atoms with Gasteiger partial charge < -0.3 is 16.2 Å². The first-order valence-electron chi connectivity index (χ1n) is 7.30. The summed E-state index contributed by atoms with van der Waals surface area (Å²) in [6.07, 6.45) is 3.41. The zero-order valence-electron chi connectivity index (χ0n) is 12.3. The Morgan fingerprint density at radius 2 is 1.76 bits per heavy atom. The highest BCUT2D eigenvalue weighted by molar-refractivity contribution is 5.97. The van der Waals surface area contributed by atoms with Crippen LogP contribution in [-0.2, 0) is 0 Å². The van der Waals surface area contributed by atoms with E-state index < -0.39 is 11.5 Å². The van der Waals surface area contributed by atoms with Crippen LogP contribution in [0.3, 0.4) is 0 Å². The van der Waals surface area contributed by atoms with Gasteiger partial charge in [0.2, 0.25) is 5.91 Å². The molecule has 1 aromatic carbocycles. The number of nitrogens with two attached hydrogens (primary N) is 1. The highest BCUT2D eigenvalue weighted by Crippen LogP contribution is 2.31. The van der Waals surface area contributed by atoms with Crippen molar-refractivity contribution in [2.45, 2.75) is 38.2 Å². The summed E-state index contributed by atoms with van der Waals surface area (Å²) >= 11 is 0. The Bertz CT molecular complexity index is 517. The summed E-state index contributed by atoms with van der Waals surface area (Å²) in [5.74, 6) is -0.131. The summed E-state index contributed by atoms with van der Waals surface area (Å²) < 4.78 is 0. The van der Waals surface area contributed by atoms with E-state index in [9.17, 15) is 14.7 Å². The number of benzene rings is 1. The third kappa shape index (κ3) is 4.04. The molecule has 0 atom stereocenters. The molecule has 4 N–H and O–H groups in total. The van der Waals surface area contributed by atoms with Crippen molar-refractivity contribution in [2.75, 3.05) is 6.54 Å². The van der Waals surface area contributed by atoms with E-state index in [2.05, 4.69) is 12.2 Å². The average Bonchev–Trinajstić information content (AvgIpc) is 2.48. The van der Waals surface area contributed by atoms with Gasteiger partial charge in [0, 0.05) is 17.7 Å². The zero-order chi connectivity index (χ0) is 15.5. The molecule has 0 unspecified atom stereocenters. The van der Waals surface area contributed by atoms with Gasteiger partial charge in [-0.3, -0.25) is 9.59 Å². The van der Waals surface area contributed by atoms with E-state index in [0.717, 1.165) is 25.7 Å². The summed E-state index contributed by atoms with van der Waals surface area (Å²) in [7, 11) is 0. The van der Waals surface area contributed by atoms with Gasteiger partial charge in [0.1, 0.15) is 0 Å². The molecule has 1 saturated carbocycles. The van der Waals surface area contributed by atoms with Crippen molar-refractivity contribution >= 4 is 11.8 Å². The summed E-state index contributed by atoms with van der Waals surface area (Å²) in [5, 5.41) is 13.2. The topological polar surface area (TPSA) is 92.4 Å². The Morgan fingerprint density at radius 1 is 1.24 bits per heavy atom. The molecule has 2 amide bonds. The molecule has 1 aromatic rings. The maximum Gasteiger partial charge on any atom is 0.251 e. The van der Waals surface area contributed by atoms with Crippen LogP contribution in [0.4, 0.5) is 0 Å². The number of nitrogens with one attached hydrogen (secondary N) is 1. The van der Waals surface area contributed by atoms with Gasteiger partial charge in [0.05, 0.1) is 5.60 Å². The Kier molecular flexibility index (Phi) is 4.63. The number of hydrogen-bond donors (Lipinski definition) is 3. The van der Waals surface area contributed by atoms with E-state index in [4.69, 9.17) is 5.73 Å². The van der Waals surface area contributed by atoms with Crippen LogP contribution >= 0.6 is 0 Å². The molecule has 0 aromatic heterocycles. The van der Waals surface area contributed by atoms with Gasteiger partial charge in [-0.15, -0.1) is 0 Å². The first-order chi connectivity index (χ1) is 9.89. The molecule has 1 aliphatic carbocycles. The van der Waals surface area contributed by atoms with Crippen LogP contribution in [0.25, 0.3) is 0 Å². The Hall–Kier alpha value is -1.88. The predicted molar refractivity (Wildman–Crippen MR) is 79.9 cm³/mol. The number of aliphatic hydroxyl groups is 1. The van der Waals surface area contributed by atoms with Gasteiger partial charge >= 0.3 is 0 Å². The lowest BCUT2D eigenvalue weighted by Crippen LogP contribution is -2.45. The van der Waals surface area contributed by atoms with E-state index >= 15 is 0 Å². The quantitative estimate of drug-likeness (QED) is 0.783. The molecular formula is C16H22N2O3. The normalized spacial score (nSPS) is 25.3. The molecule has 0 saturated heterocycles. The van der Waals surface area contributed by atoms with E-state index in [0.29, 0.717) is 17.0 Å². The molecule has 0 bridgehead atoms. The smallest absolute Gasteiger partial charge is 0.251 e. The van der Waals surface area contributed by atoms with Crippen LogP contribution in [0, 0.1) is 5.92 Å². The van der Waals surface area contributed by atoms with Crippen LogP contribution in [0.5, 0.6) is 0 Å². The maximum absolute atomic E-state index is 12.0. The van der Waals surface area contributed by atoms with Crippen molar-refractivity contribution in [3.63, 3.8) is 0 Å². The first-order valence-corrected chi connectivity index (χ1v) is 7.30. The number of carbonyl (C=O) groups excluding carboxylic acids is 2. The lowest BCUT2D eigenvalue weighted by molar-refractivity contribution is -0.00540. The van der Waals surface area contributed by atoms with Crippen molar-refractivity contribution < 1.29 is 14.7 Å². The van der Waals surface area contributed by atoms with Gasteiger partial charge in [-0.05, 0) is 55.9 Å². The second-order valence-electron chi connectivity index (χ2n) is 6.03. The molecular weight excluding hydrogens is 268 g/mol. The average molecular weight is 290 g/mol. The fourth-order valence-corrected chi connectivity index (χ4v) is 2.61. The second kappa shape index (κ2) is 6.26. The van der Waals surface area contributed by atoms with Crippen LogP contribution < -0.4 is 11.1 Å².